The molecule has 0 spiro atoms. The standard InChI is InChI=1S/C15H12Cl2N4O/c16-11-5-10(6-12(17)7-11)15-19-8-14(22)21(20-15)9-13-3-1-2-4-18-13/h1-7H,8-9H2,(H,19,20). The number of hydrazine groups is 1. The van der Waals surface area contributed by atoms with Crippen LogP contribution in [0.3, 0.4) is 0 Å². The number of hydrogen-bond acceptors (Lipinski definition) is 4. The predicted molar refractivity (Wildman–Crippen MR) is 85.8 cm³/mol. The van der Waals surface area contributed by atoms with Gasteiger partial charge in [-0.2, -0.15) is 0 Å². The molecule has 22 heavy (non-hydrogen) atoms. The molecule has 2 heterocycles. The molecular formula is C15H12Cl2N4O. The van der Waals surface area contributed by atoms with Crippen LogP contribution in [0, 0.1) is 0 Å². The van der Waals surface area contributed by atoms with Gasteiger partial charge >= 0.3 is 0 Å². The van der Waals surface area contributed by atoms with E-state index in [9.17, 15) is 4.79 Å². The van der Waals surface area contributed by atoms with E-state index in [-0.39, 0.29) is 12.5 Å². The summed E-state index contributed by atoms with van der Waals surface area (Å²) in [6.45, 7) is 0.423. The van der Waals surface area contributed by atoms with Crippen molar-refractivity contribution in [2.75, 3.05) is 6.54 Å². The Hall–Kier alpha value is -2.11. The maximum atomic E-state index is 12.0. The van der Waals surface area contributed by atoms with Crippen molar-refractivity contribution in [2.45, 2.75) is 6.54 Å². The van der Waals surface area contributed by atoms with E-state index in [0.717, 1.165) is 11.3 Å². The van der Waals surface area contributed by atoms with Gasteiger partial charge in [0.05, 0.1) is 12.2 Å². The zero-order chi connectivity index (χ0) is 15.5. The number of pyridine rings is 1. The summed E-state index contributed by atoms with van der Waals surface area (Å²) in [5.74, 6) is 0.433. The lowest BCUT2D eigenvalue weighted by molar-refractivity contribution is -0.132. The maximum Gasteiger partial charge on any atom is 0.263 e. The summed E-state index contributed by atoms with van der Waals surface area (Å²) >= 11 is 12.0. The van der Waals surface area contributed by atoms with E-state index in [4.69, 9.17) is 23.2 Å². The number of amides is 1. The number of nitrogens with one attached hydrogen (secondary N) is 1. The zero-order valence-corrected chi connectivity index (χ0v) is 13.0. The molecule has 0 radical (unpaired) electrons. The molecule has 0 fully saturated rings. The molecule has 0 saturated heterocycles. The number of halogens is 2. The fraction of sp³-hybridized carbons (Fsp3) is 0.133. The summed E-state index contributed by atoms with van der Waals surface area (Å²) in [6.07, 6.45) is 1.69. The Morgan fingerprint density at radius 3 is 2.64 bits per heavy atom. The first-order valence-corrected chi connectivity index (χ1v) is 7.35. The van der Waals surface area contributed by atoms with E-state index in [1.807, 2.05) is 18.2 Å². The van der Waals surface area contributed by atoms with Gasteiger partial charge < -0.3 is 0 Å². The molecule has 1 aromatic carbocycles. The topological polar surface area (TPSA) is 57.6 Å². The van der Waals surface area contributed by atoms with Crippen molar-refractivity contribution in [1.82, 2.24) is 15.4 Å². The SMILES string of the molecule is O=C1CN=C(c2cc(Cl)cc(Cl)c2)NN1Cc1ccccn1. The minimum atomic E-state index is -0.123. The Morgan fingerprint density at radius 2 is 1.95 bits per heavy atom. The van der Waals surface area contributed by atoms with Gasteiger partial charge in [0.25, 0.3) is 5.91 Å². The maximum absolute atomic E-state index is 12.0. The van der Waals surface area contributed by atoms with Gasteiger partial charge in [-0.1, -0.05) is 29.3 Å². The number of carbonyl (C=O) groups excluding carboxylic acids is 1. The predicted octanol–water partition coefficient (Wildman–Crippen LogP) is 2.68. The molecule has 7 heteroatoms. The second kappa shape index (κ2) is 6.34. The van der Waals surface area contributed by atoms with Crippen molar-refractivity contribution in [1.29, 1.82) is 0 Å². The molecule has 1 aromatic heterocycles. The molecule has 1 aliphatic heterocycles. The van der Waals surface area contributed by atoms with Crippen LogP contribution in [0.1, 0.15) is 11.3 Å². The average molecular weight is 335 g/mol. The molecule has 1 amide bonds. The van der Waals surface area contributed by atoms with Crippen LogP contribution in [-0.4, -0.2) is 28.3 Å². The lowest BCUT2D eigenvalue weighted by atomic mass is 10.2. The Balaban J connectivity index is 1.82. The van der Waals surface area contributed by atoms with Crippen molar-refractivity contribution >= 4 is 34.9 Å². The van der Waals surface area contributed by atoms with Crippen molar-refractivity contribution < 1.29 is 4.79 Å². The van der Waals surface area contributed by atoms with Crippen LogP contribution in [0.15, 0.2) is 47.6 Å². The molecule has 2 aromatic rings. The van der Waals surface area contributed by atoms with Gasteiger partial charge in [0.1, 0.15) is 12.4 Å². The van der Waals surface area contributed by atoms with E-state index >= 15 is 0 Å². The Bertz CT molecular complexity index is 713. The number of carbonyl (C=O) groups is 1. The van der Waals surface area contributed by atoms with Crippen LogP contribution >= 0.6 is 23.2 Å². The molecule has 0 unspecified atom stereocenters. The summed E-state index contributed by atoms with van der Waals surface area (Å²) in [6, 6.07) is 10.7. The Labute approximate surface area is 137 Å². The molecule has 3 rings (SSSR count). The molecule has 0 bridgehead atoms. The molecule has 0 saturated carbocycles. The van der Waals surface area contributed by atoms with Gasteiger partial charge in [-0.05, 0) is 30.3 Å². The van der Waals surface area contributed by atoms with Crippen molar-refractivity contribution in [3.05, 3.63) is 63.9 Å². The van der Waals surface area contributed by atoms with E-state index in [0.29, 0.717) is 22.4 Å². The Morgan fingerprint density at radius 1 is 1.18 bits per heavy atom. The number of amidine groups is 1. The zero-order valence-electron chi connectivity index (χ0n) is 11.5. The summed E-state index contributed by atoms with van der Waals surface area (Å²) in [4.78, 5) is 20.4. The average Bonchev–Trinajstić information content (AvgIpc) is 2.49. The highest BCUT2D eigenvalue weighted by atomic mass is 35.5. The lowest BCUT2D eigenvalue weighted by Gasteiger charge is -2.28. The summed E-state index contributed by atoms with van der Waals surface area (Å²) < 4.78 is 0. The highest BCUT2D eigenvalue weighted by Gasteiger charge is 2.21. The van der Waals surface area contributed by atoms with E-state index < -0.39 is 0 Å². The highest BCUT2D eigenvalue weighted by molar-refractivity contribution is 6.35. The quantitative estimate of drug-likeness (QED) is 0.938. The number of nitrogens with zero attached hydrogens (tertiary/aromatic N) is 3. The molecule has 0 aliphatic carbocycles. The number of benzene rings is 1. The molecule has 0 atom stereocenters. The first-order chi connectivity index (χ1) is 10.6. The molecular weight excluding hydrogens is 323 g/mol. The normalized spacial score (nSPS) is 14.5. The summed E-state index contributed by atoms with van der Waals surface area (Å²) in [5.41, 5.74) is 4.52. The van der Waals surface area contributed by atoms with Gasteiger partial charge in [-0.3, -0.25) is 20.2 Å². The van der Waals surface area contributed by atoms with Gasteiger partial charge in [-0.25, -0.2) is 5.01 Å². The number of aromatic nitrogens is 1. The third kappa shape index (κ3) is 3.37. The van der Waals surface area contributed by atoms with Crippen molar-refractivity contribution in [3.63, 3.8) is 0 Å². The minimum absolute atomic E-state index is 0.0687. The van der Waals surface area contributed by atoms with Crippen LogP contribution in [0.2, 0.25) is 10.0 Å². The molecule has 1 aliphatic rings. The third-order valence-corrected chi connectivity index (χ3v) is 3.53. The molecule has 5 nitrogen and oxygen atoms in total. The number of aliphatic imine (C=N–C) groups is 1. The summed E-state index contributed by atoms with van der Waals surface area (Å²) in [5, 5.41) is 2.51. The smallest absolute Gasteiger partial charge is 0.263 e. The first kappa shape index (κ1) is 14.8. The van der Waals surface area contributed by atoms with Gasteiger partial charge in [0.15, 0.2) is 0 Å². The molecule has 1 N–H and O–H groups in total. The fourth-order valence-electron chi connectivity index (χ4n) is 2.09. The third-order valence-electron chi connectivity index (χ3n) is 3.10. The van der Waals surface area contributed by atoms with Crippen LogP contribution < -0.4 is 5.43 Å². The van der Waals surface area contributed by atoms with Gasteiger partial charge in [0, 0.05) is 21.8 Å². The van der Waals surface area contributed by atoms with E-state index in [1.165, 1.54) is 5.01 Å². The van der Waals surface area contributed by atoms with Crippen molar-refractivity contribution in [2.24, 2.45) is 4.99 Å². The Kier molecular flexibility index (Phi) is 4.27. The largest absolute Gasteiger partial charge is 0.279 e. The van der Waals surface area contributed by atoms with E-state index in [1.54, 1.807) is 24.4 Å². The second-order valence-electron chi connectivity index (χ2n) is 4.74. The first-order valence-electron chi connectivity index (χ1n) is 6.60. The van der Waals surface area contributed by atoms with Crippen LogP contribution in [0.5, 0.6) is 0 Å². The second-order valence-corrected chi connectivity index (χ2v) is 5.61. The van der Waals surface area contributed by atoms with Gasteiger partial charge in [0.2, 0.25) is 0 Å². The van der Waals surface area contributed by atoms with Crippen LogP contribution in [-0.2, 0) is 11.3 Å². The van der Waals surface area contributed by atoms with E-state index in [2.05, 4.69) is 15.4 Å². The number of hydrogen-bond donors (Lipinski definition) is 1. The highest BCUT2D eigenvalue weighted by Crippen LogP contribution is 2.20. The minimum Gasteiger partial charge on any atom is -0.279 e. The molecule has 112 valence electrons. The number of rotatable bonds is 3. The summed E-state index contributed by atoms with van der Waals surface area (Å²) in [7, 11) is 0. The van der Waals surface area contributed by atoms with Crippen LogP contribution in [0.4, 0.5) is 0 Å². The van der Waals surface area contributed by atoms with Crippen LogP contribution in [0.25, 0.3) is 0 Å². The lowest BCUT2D eigenvalue weighted by Crippen LogP contribution is -2.50. The monoisotopic (exact) mass is 334 g/mol. The fourth-order valence-corrected chi connectivity index (χ4v) is 2.61. The van der Waals surface area contributed by atoms with Crippen molar-refractivity contribution in [3.8, 4) is 0 Å². The van der Waals surface area contributed by atoms with Gasteiger partial charge in [-0.15, -0.1) is 0 Å².